The van der Waals surface area contributed by atoms with Crippen LogP contribution in [0.2, 0.25) is 0 Å². The Kier molecular flexibility index (Phi) is 7.01. The molecule has 21 heavy (non-hydrogen) atoms. The summed E-state index contributed by atoms with van der Waals surface area (Å²) in [5.74, 6) is -0.0999. The fourth-order valence-corrected chi connectivity index (χ4v) is 1.48. The van der Waals surface area contributed by atoms with Gasteiger partial charge in [-0.05, 0) is 37.1 Å². The molecule has 114 valence electrons. The topological polar surface area (TPSA) is 64.6 Å². The lowest BCUT2D eigenvalue weighted by atomic mass is 10.2. The Labute approximate surface area is 124 Å². The average molecular weight is 291 g/mol. The standard InChI is InChI=1S/C16H21NO4/c1-4-12(2)17-15(18)11-21-16(19)10-7-13-5-8-14(20-3)9-6-13/h5-10,12H,4,11H2,1-3H3,(H,17,18)/b10-7+/t12-/m0/s1. The van der Waals surface area contributed by atoms with Crippen LogP contribution in [0.5, 0.6) is 5.75 Å². The van der Waals surface area contributed by atoms with E-state index in [9.17, 15) is 9.59 Å². The second-order valence-corrected chi connectivity index (χ2v) is 4.59. The largest absolute Gasteiger partial charge is 0.497 e. The maximum atomic E-state index is 11.5. The lowest BCUT2D eigenvalue weighted by Gasteiger charge is -2.10. The van der Waals surface area contributed by atoms with Gasteiger partial charge in [-0.2, -0.15) is 0 Å². The van der Waals surface area contributed by atoms with Gasteiger partial charge in [0.1, 0.15) is 5.75 Å². The molecule has 5 heteroatoms. The van der Waals surface area contributed by atoms with Crippen molar-refractivity contribution in [3.8, 4) is 5.75 Å². The molecule has 1 atom stereocenters. The number of nitrogens with one attached hydrogen (secondary N) is 1. The summed E-state index contributed by atoms with van der Waals surface area (Å²) in [6, 6.07) is 7.30. The van der Waals surface area contributed by atoms with E-state index in [4.69, 9.17) is 9.47 Å². The fraction of sp³-hybridized carbons (Fsp3) is 0.375. The normalized spacial score (nSPS) is 12.0. The first-order chi connectivity index (χ1) is 10.0. The van der Waals surface area contributed by atoms with E-state index in [0.717, 1.165) is 17.7 Å². The molecule has 1 rings (SSSR count). The van der Waals surface area contributed by atoms with E-state index < -0.39 is 5.97 Å². The Morgan fingerprint density at radius 3 is 2.52 bits per heavy atom. The molecule has 1 aromatic carbocycles. The number of benzene rings is 1. The van der Waals surface area contributed by atoms with Crippen LogP contribution < -0.4 is 10.1 Å². The first-order valence-corrected chi connectivity index (χ1v) is 6.83. The third kappa shape index (κ3) is 6.61. The molecule has 0 aliphatic heterocycles. The van der Waals surface area contributed by atoms with Crippen LogP contribution in [0.15, 0.2) is 30.3 Å². The van der Waals surface area contributed by atoms with E-state index in [1.54, 1.807) is 25.3 Å². The Bertz CT molecular complexity index is 494. The summed E-state index contributed by atoms with van der Waals surface area (Å²) in [6.45, 7) is 3.59. The summed E-state index contributed by atoms with van der Waals surface area (Å²) in [5.41, 5.74) is 0.844. The molecule has 0 aromatic heterocycles. The van der Waals surface area contributed by atoms with Gasteiger partial charge < -0.3 is 14.8 Å². The number of carbonyl (C=O) groups excluding carboxylic acids is 2. The molecule has 0 aliphatic rings. The first kappa shape index (κ1) is 16.8. The molecule has 0 bridgehead atoms. The minimum Gasteiger partial charge on any atom is -0.497 e. The third-order valence-electron chi connectivity index (χ3n) is 2.89. The van der Waals surface area contributed by atoms with Crippen LogP contribution in [0.3, 0.4) is 0 Å². The zero-order valence-electron chi connectivity index (χ0n) is 12.6. The van der Waals surface area contributed by atoms with Crippen LogP contribution in [0.4, 0.5) is 0 Å². The minimum absolute atomic E-state index is 0.0750. The molecular weight excluding hydrogens is 270 g/mol. The maximum absolute atomic E-state index is 11.5. The number of hydrogen-bond acceptors (Lipinski definition) is 4. The van der Waals surface area contributed by atoms with Gasteiger partial charge in [0.2, 0.25) is 0 Å². The second kappa shape index (κ2) is 8.79. The quantitative estimate of drug-likeness (QED) is 0.617. The number of rotatable bonds is 7. The van der Waals surface area contributed by atoms with Crippen molar-refractivity contribution in [2.24, 2.45) is 0 Å². The van der Waals surface area contributed by atoms with Crippen molar-refractivity contribution in [3.63, 3.8) is 0 Å². The van der Waals surface area contributed by atoms with Crippen molar-refractivity contribution in [1.29, 1.82) is 0 Å². The Morgan fingerprint density at radius 1 is 1.29 bits per heavy atom. The van der Waals surface area contributed by atoms with Crippen molar-refractivity contribution in [2.45, 2.75) is 26.3 Å². The van der Waals surface area contributed by atoms with Gasteiger partial charge in [-0.25, -0.2) is 4.79 Å². The van der Waals surface area contributed by atoms with Crippen molar-refractivity contribution in [2.75, 3.05) is 13.7 Å². The van der Waals surface area contributed by atoms with Gasteiger partial charge in [0, 0.05) is 12.1 Å². The summed E-state index contributed by atoms with van der Waals surface area (Å²) in [4.78, 5) is 22.9. The molecule has 1 N–H and O–H groups in total. The van der Waals surface area contributed by atoms with E-state index in [1.807, 2.05) is 26.0 Å². The predicted molar refractivity (Wildman–Crippen MR) is 80.9 cm³/mol. The van der Waals surface area contributed by atoms with Crippen LogP contribution in [0.1, 0.15) is 25.8 Å². The van der Waals surface area contributed by atoms with Gasteiger partial charge in [-0.15, -0.1) is 0 Å². The number of amides is 1. The van der Waals surface area contributed by atoms with Crippen molar-refractivity contribution < 1.29 is 19.1 Å². The Morgan fingerprint density at radius 2 is 1.95 bits per heavy atom. The van der Waals surface area contributed by atoms with Crippen molar-refractivity contribution in [1.82, 2.24) is 5.32 Å². The number of ether oxygens (including phenoxy) is 2. The molecule has 0 fully saturated rings. The van der Waals surface area contributed by atoms with E-state index in [2.05, 4.69) is 5.32 Å². The average Bonchev–Trinajstić information content (AvgIpc) is 2.51. The summed E-state index contributed by atoms with van der Waals surface area (Å²) in [5, 5.41) is 2.72. The Balaban J connectivity index is 2.38. The molecule has 0 saturated heterocycles. The maximum Gasteiger partial charge on any atom is 0.331 e. The number of carbonyl (C=O) groups is 2. The van der Waals surface area contributed by atoms with Gasteiger partial charge in [0.15, 0.2) is 6.61 Å². The lowest BCUT2D eigenvalue weighted by molar-refractivity contribution is -0.144. The van der Waals surface area contributed by atoms with Gasteiger partial charge in [-0.1, -0.05) is 19.1 Å². The predicted octanol–water partition coefficient (Wildman–Crippen LogP) is 2.17. The van der Waals surface area contributed by atoms with Crippen LogP contribution >= 0.6 is 0 Å². The van der Waals surface area contributed by atoms with Crippen molar-refractivity contribution >= 4 is 18.0 Å². The number of methoxy groups -OCH3 is 1. The summed E-state index contributed by atoms with van der Waals surface area (Å²) < 4.78 is 9.89. The molecule has 1 amide bonds. The zero-order valence-corrected chi connectivity index (χ0v) is 12.6. The summed E-state index contributed by atoms with van der Waals surface area (Å²) >= 11 is 0. The fourth-order valence-electron chi connectivity index (χ4n) is 1.48. The van der Waals surface area contributed by atoms with Crippen LogP contribution in [-0.4, -0.2) is 31.6 Å². The van der Waals surface area contributed by atoms with Gasteiger partial charge in [-0.3, -0.25) is 4.79 Å². The molecule has 0 unspecified atom stereocenters. The second-order valence-electron chi connectivity index (χ2n) is 4.59. The van der Waals surface area contributed by atoms with Crippen LogP contribution in [0.25, 0.3) is 6.08 Å². The summed E-state index contributed by atoms with van der Waals surface area (Å²) in [7, 11) is 1.59. The molecule has 0 aliphatic carbocycles. The monoisotopic (exact) mass is 291 g/mol. The van der Waals surface area contributed by atoms with E-state index in [-0.39, 0.29) is 18.6 Å². The minimum atomic E-state index is -0.551. The molecule has 0 radical (unpaired) electrons. The highest BCUT2D eigenvalue weighted by Gasteiger charge is 2.07. The molecule has 5 nitrogen and oxygen atoms in total. The molecule has 0 saturated carbocycles. The van der Waals surface area contributed by atoms with E-state index in [1.165, 1.54) is 6.08 Å². The highest BCUT2D eigenvalue weighted by molar-refractivity contribution is 5.89. The van der Waals surface area contributed by atoms with Gasteiger partial charge >= 0.3 is 5.97 Å². The highest BCUT2D eigenvalue weighted by atomic mass is 16.5. The SMILES string of the molecule is CC[C@H](C)NC(=O)COC(=O)/C=C/c1ccc(OC)cc1. The van der Waals surface area contributed by atoms with E-state index >= 15 is 0 Å². The highest BCUT2D eigenvalue weighted by Crippen LogP contribution is 2.12. The van der Waals surface area contributed by atoms with Gasteiger partial charge in [0.05, 0.1) is 7.11 Å². The first-order valence-electron chi connectivity index (χ1n) is 6.83. The van der Waals surface area contributed by atoms with Crippen molar-refractivity contribution in [3.05, 3.63) is 35.9 Å². The summed E-state index contributed by atoms with van der Waals surface area (Å²) in [6.07, 6.45) is 3.74. The van der Waals surface area contributed by atoms with E-state index in [0.29, 0.717) is 0 Å². The molecule has 1 aromatic rings. The number of hydrogen-bond donors (Lipinski definition) is 1. The smallest absolute Gasteiger partial charge is 0.331 e. The molecule has 0 spiro atoms. The third-order valence-corrected chi connectivity index (χ3v) is 2.89. The molecular formula is C16H21NO4. The Hall–Kier alpha value is -2.30. The van der Waals surface area contributed by atoms with Crippen LogP contribution in [-0.2, 0) is 14.3 Å². The van der Waals surface area contributed by atoms with Crippen LogP contribution in [0, 0.1) is 0 Å². The van der Waals surface area contributed by atoms with Gasteiger partial charge in [0.25, 0.3) is 5.91 Å². The zero-order chi connectivity index (χ0) is 15.7. The lowest BCUT2D eigenvalue weighted by Crippen LogP contribution is -2.35. The molecule has 0 heterocycles. The number of esters is 1.